The lowest BCUT2D eigenvalue weighted by Crippen LogP contribution is -2.21. The molecule has 0 heterocycles. The number of rotatable bonds is 7. The van der Waals surface area contributed by atoms with E-state index in [1.165, 1.54) is 0 Å². The molecular weight excluding hydrogens is 362 g/mol. The van der Waals surface area contributed by atoms with E-state index in [1.54, 1.807) is 48.5 Å². The summed E-state index contributed by atoms with van der Waals surface area (Å²) in [6, 6.07) is 23.4. The van der Waals surface area contributed by atoms with Gasteiger partial charge in [0.2, 0.25) is 0 Å². The zero-order valence-electron chi connectivity index (χ0n) is 14.6. The Morgan fingerprint density at radius 1 is 1.00 bits per heavy atom. The topological polar surface area (TPSA) is 58.6 Å². The van der Waals surface area contributed by atoms with Crippen molar-refractivity contribution >= 4 is 17.6 Å². The predicted octanol–water partition coefficient (Wildman–Crippen LogP) is 4.38. The number of aliphatic hydroxyl groups excluding tert-OH is 1. The first-order chi connectivity index (χ1) is 13.1. The van der Waals surface area contributed by atoms with Gasteiger partial charge in [0.15, 0.2) is 0 Å². The van der Waals surface area contributed by atoms with Crippen molar-refractivity contribution in [3.05, 3.63) is 101 Å². The summed E-state index contributed by atoms with van der Waals surface area (Å²) in [6.45, 7) is 1.06. The van der Waals surface area contributed by atoms with Crippen molar-refractivity contribution in [2.24, 2.45) is 0 Å². The molecule has 0 aliphatic heterocycles. The van der Waals surface area contributed by atoms with Crippen LogP contribution in [0.2, 0.25) is 5.02 Å². The standard InChI is InChI=1S/C22H20ClNO3/c23-19-10-4-9-18(12-19)22(26)27-20-11-5-8-17(13-20)21(25)15-24-14-16-6-2-1-3-7-16/h1-13,21,24-25H,14-15H2. The Bertz CT molecular complexity index is 899. The second-order valence-corrected chi connectivity index (χ2v) is 6.54. The molecule has 1 unspecified atom stereocenters. The van der Waals surface area contributed by atoms with Gasteiger partial charge in [0, 0.05) is 18.1 Å². The molecule has 0 saturated heterocycles. The van der Waals surface area contributed by atoms with Gasteiger partial charge >= 0.3 is 5.97 Å². The summed E-state index contributed by atoms with van der Waals surface area (Å²) in [7, 11) is 0. The zero-order chi connectivity index (χ0) is 19.1. The van der Waals surface area contributed by atoms with Crippen LogP contribution in [0.1, 0.15) is 27.6 Å². The second kappa shape index (κ2) is 9.33. The maximum Gasteiger partial charge on any atom is 0.343 e. The fourth-order valence-corrected chi connectivity index (χ4v) is 2.82. The third-order valence-corrected chi connectivity index (χ3v) is 4.26. The number of halogens is 1. The van der Waals surface area contributed by atoms with E-state index in [-0.39, 0.29) is 0 Å². The lowest BCUT2D eigenvalue weighted by atomic mass is 10.1. The van der Waals surface area contributed by atoms with E-state index < -0.39 is 12.1 Å². The van der Waals surface area contributed by atoms with Gasteiger partial charge < -0.3 is 15.2 Å². The quantitative estimate of drug-likeness (QED) is 0.471. The Labute approximate surface area is 163 Å². The Hall–Kier alpha value is -2.66. The van der Waals surface area contributed by atoms with Crippen LogP contribution in [0.4, 0.5) is 0 Å². The number of hydrogen-bond donors (Lipinski definition) is 2. The van der Waals surface area contributed by atoms with Crippen LogP contribution in [0.25, 0.3) is 0 Å². The van der Waals surface area contributed by atoms with Crippen LogP contribution in [-0.2, 0) is 6.54 Å². The molecule has 2 N–H and O–H groups in total. The van der Waals surface area contributed by atoms with Crippen molar-refractivity contribution in [1.82, 2.24) is 5.32 Å². The molecule has 138 valence electrons. The number of esters is 1. The van der Waals surface area contributed by atoms with Crippen molar-refractivity contribution in [3.63, 3.8) is 0 Å². The van der Waals surface area contributed by atoms with Gasteiger partial charge in [0.25, 0.3) is 0 Å². The molecule has 0 bridgehead atoms. The highest BCUT2D eigenvalue weighted by atomic mass is 35.5. The Morgan fingerprint density at radius 2 is 1.78 bits per heavy atom. The molecule has 0 fully saturated rings. The summed E-state index contributed by atoms with van der Waals surface area (Å²) < 4.78 is 5.39. The van der Waals surface area contributed by atoms with Crippen molar-refractivity contribution in [3.8, 4) is 5.75 Å². The number of nitrogens with one attached hydrogen (secondary N) is 1. The molecule has 3 rings (SSSR count). The van der Waals surface area contributed by atoms with Crippen LogP contribution in [0, 0.1) is 0 Å². The average molecular weight is 382 g/mol. The molecule has 3 aromatic rings. The summed E-state index contributed by atoms with van der Waals surface area (Å²) in [6.07, 6.45) is -0.710. The fraction of sp³-hybridized carbons (Fsp3) is 0.136. The van der Waals surface area contributed by atoms with Gasteiger partial charge in [0.1, 0.15) is 5.75 Å². The van der Waals surface area contributed by atoms with Gasteiger partial charge in [-0.25, -0.2) is 4.79 Å². The van der Waals surface area contributed by atoms with E-state index in [1.807, 2.05) is 30.3 Å². The lowest BCUT2D eigenvalue weighted by molar-refractivity contribution is 0.0734. The fourth-order valence-electron chi connectivity index (χ4n) is 2.63. The average Bonchev–Trinajstić information content (AvgIpc) is 2.69. The number of ether oxygens (including phenoxy) is 1. The van der Waals surface area contributed by atoms with Gasteiger partial charge in [-0.15, -0.1) is 0 Å². The highest BCUT2D eigenvalue weighted by molar-refractivity contribution is 6.30. The molecule has 0 radical (unpaired) electrons. The molecule has 27 heavy (non-hydrogen) atoms. The van der Waals surface area contributed by atoms with E-state index in [4.69, 9.17) is 16.3 Å². The molecule has 4 nitrogen and oxygen atoms in total. The maximum atomic E-state index is 12.2. The van der Waals surface area contributed by atoms with Crippen molar-refractivity contribution in [2.45, 2.75) is 12.6 Å². The maximum absolute atomic E-state index is 12.2. The van der Waals surface area contributed by atoms with Crippen molar-refractivity contribution in [2.75, 3.05) is 6.54 Å². The van der Waals surface area contributed by atoms with Gasteiger partial charge in [-0.1, -0.05) is 60.1 Å². The van der Waals surface area contributed by atoms with Crippen LogP contribution < -0.4 is 10.1 Å². The molecule has 0 spiro atoms. The number of aliphatic hydroxyl groups is 1. The second-order valence-electron chi connectivity index (χ2n) is 6.10. The van der Waals surface area contributed by atoms with Crippen LogP contribution >= 0.6 is 11.6 Å². The van der Waals surface area contributed by atoms with Crippen LogP contribution in [0.3, 0.4) is 0 Å². The van der Waals surface area contributed by atoms with Crippen LogP contribution in [-0.4, -0.2) is 17.6 Å². The minimum absolute atomic E-state index is 0.373. The summed E-state index contributed by atoms with van der Waals surface area (Å²) in [5.74, 6) is -0.120. The Kier molecular flexibility index (Phi) is 6.60. The SMILES string of the molecule is O=C(Oc1cccc(C(O)CNCc2ccccc2)c1)c1cccc(Cl)c1. The molecule has 1 atom stereocenters. The van der Waals surface area contributed by atoms with Crippen LogP contribution in [0.5, 0.6) is 5.75 Å². The third-order valence-electron chi connectivity index (χ3n) is 4.02. The molecule has 0 aliphatic carbocycles. The van der Waals surface area contributed by atoms with E-state index in [9.17, 15) is 9.90 Å². The van der Waals surface area contributed by atoms with Gasteiger partial charge in [0.05, 0.1) is 11.7 Å². The summed E-state index contributed by atoms with van der Waals surface area (Å²) in [4.78, 5) is 12.2. The Morgan fingerprint density at radius 3 is 2.56 bits per heavy atom. The minimum atomic E-state index is -0.710. The molecule has 5 heteroatoms. The first kappa shape index (κ1) is 19.1. The predicted molar refractivity (Wildman–Crippen MR) is 106 cm³/mol. The van der Waals surface area contributed by atoms with Gasteiger partial charge in [-0.2, -0.15) is 0 Å². The largest absolute Gasteiger partial charge is 0.423 e. The summed E-state index contributed by atoms with van der Waals surface area (Å²) in [5.41, 5.74) is 2.19. The lowest BCUT2D eigenvalue weighted by Gasteiger charge is -2.13. The van der Waals surface area contributed by atoms with E-state index in [0.29, 0.717) is 35.0 Å². The van der Waals surface area contributed by atoms with Gasteiger partial charge in [-0.05, 0) is 41.5 Å². The molecule has 3 aromatic carbocycles. The summed E-state index contributed by atoms with van der Waals surface area (Å²) >= 11 is 5.90. The van der Waals surface area contributed by atoms with E-state index in [2.05, 4.69) is 5.32 Å². The number of carbonyl (C=O) groups is 1. The Balaban J connectivity index is 1.58. The molecule has 0 amide bonds. The smallest absolute Gasteiger partial charge is 0.343 e. The highest BCUT2D eigenvalue weighted by Gasteiger charge is 2.12. The monoisotopic (exact) mass is 381 g/mol. The molecule has 0 aromatic heterocycles. The zero-order valence-corrected chi connectivity index (χ0v) is 15.4. The number of benzene rings is 3. The molecule has 0 saturated carbocycles. The first-order valence-electron chi connectivity index (χ1n) is 8.62. The number of hydrogen-bond acceptors (Lipinski definition) is 4. The van der Waals surface area contributed by atoms with Crippen molar-refractivity contribution in [1.29, 1.82) is 0 Å². The van der Waals surface area contributed by atoms with E-state index >= 15 is 0 Å². The molecular formula is C22H20ClNO3. The minimum Gasteiger partial charge on any atom is -0.423 e. The normalized spacial score (nSPS) is 11.8. The van der Waals surface area contributed by atoms with Crippen LogP contribution in [0.15, 0.2) is 78.9 Å². The summed E-state index contributed by atoms with van der Waals surface area (Å²) in [5, 5.41) is 14.1. The first-order valence-corrected chi connectivity index (χ1v) is 9.00. The number of carbonyl (C=O) groups excluding carboxylic acids is 1. The van der Waals surface area contributed by atoms with E-state index in [0.717, 1.165) is 5.56 Å². The van der Waals surface area contributed by atoms with Crippen molar-refractivity contribution < 1.29 is 14.6 Å². The molecule has 0 aliphatic rings. The highest BCUT2D eigenvalue weighted by Crippen LogP contribution is 2.21. The van der Waals surface area contributed by atoms with Gasteiger partial charge in [-0.3, -0.25) is 0 Å². The third kappa shape index (κ3) is 5.66.